The standard InChI is InChI=1S/C12H11BrN2OS/c1-2-8-5-6-17-11(8)12(16)15-9-3-4-10(13)14-7-9/h3-7H,2H2,1H3,(H,15,16). The summed E-state index contributed by atoms with van der Waals surface area (Å²) in [5.41, 5.74) is 1.78. The Kier molecular flexibility index (Phi) is 3.91. The number of amides is 1. The molecule has 1 amide bonds. The molecule has 0 spiro atoms. The third-order valence-corrected chi connectivity index (χ3v) is 3.74. The van der Waals surface area contributed by atoms with Crippen LogP contribution in [0.4, 0.5) is 5.69 Å². The molecular formula is C12H11BrN2OS. The van der Waals surface area contributed by atoms with Crippen molar-refractivity contribution in [3.05, 3.63) is 44.8 Å². The van der Waals surface area contributed by atoms with Crippen LogP contribution in [0.25, 0.3) is 0 Å². The molecule has 2 aromatic rings. The van der Waals surface area contributed by atoms with Crippen molar-refractivity contribution in [1.29, 1.82) is 0 Å². The third-order valence-electron chi connectivity index (χ3n) is 2.32. The monoisotopic (exact) mass is 310 g/mol. The van der Waals surface area contributed by atoms with E-state index in [1.807, 2.05) is 24.4 Å². The van der Waals surface area contributed by atoms with Crippen molar-refractivity contribution in [3.8, 4) is 0 Å². The number of hydrogen-bond donors (Lipinski definition) is 1. The molecule has 5 heteroatoms. The van der Waals surface area contributed by atoms with Crippen molar-refractivity contribution in [3.63, 3.8) is 0 Å². The smallest absolute Gasteiger partial charge is 0.266 e. The zero-order valence-corrected chi connectivity index (χ0v) is 11.6. The SMILES string of the molecule is CCc1ccsc1C(=O)Nc1ccc(Br)nc1. The number of pyridine rings is 1. The minimum atomic E-state index is -0.0685. The third kappa shape index (κ3) is 2.92. The second-order valence-electron chi connectivity index (χ2n) is 3.45. The van der Waals surface area contributed by atoms with Crippen LogP contribution in [0.1, 0.15) is 22.2 Å². The van der Waals surface area contributed by atoms with Gasteiger partial charge in [0, 0.05) is 0 Å². The average molecular weight is 311 g/mol. The van der Waals surface area contributed by atoms with Crippen LogP contribution in [0.5, 0.6) is 0 Å². The molecule has 0 aliphatic heterocycles. The molecule has 88 valence electrons. The number of nitrogens with one attached hydrogen (secondary N) is 1. The lowest BCUT2D eigenvalue weighted by Crippen LogP contribution is -2.12. The van der Waals surface area contributed by atoms with Crippen LogP contribution in [0.15, 0.2) is 34.4 Å². The molecule has 17 heavy (non-hydrogen) atoms. The van der Waals surface area contributed by atoms with Gasteiger partial charge in [-0.1, -0.05) is 6.92 Å². The van der Waals surface area contributed by atoms with E-state index in [9.17, 15) is 4.79 Å². The van der Waals surface area contributed by atoms with E-state index in [1.165, 1.54) is 11.3 Å². The number of aromatic nitrogens is 1. The summed E-state index contributed by atoms with van der Waals surface area (Å²) in [6, 6.07) is 5.60. The van der Waals surface area contributed by atoms with Crippen LogP contribution in [-0.2, 0) is 6.42 Å². The normalized spacial score (nSPS) is 10.2. The fourth-order valence-electron chi connectivity index (χ4n) is 1.45. The quantitative estimate of drug-likeness (QED) is 0.878. The topological polar surface area (TPSA) is 42.0 Å². The molecule has 0 aliphatic carbocycles. The Morgan fingerprint density at radius 3 is 2.94 bits per heavy atom. The molecule has 1 N–H and O–H groups in total. The Bertz CT molecular complexity index is 522. The summed E-state index contributed by atoms with van der Waals surface area (Å²) in [5.74, 6) is -0.0685. The maximum Gasteiger partial charge on any atom is 0.266 e. The van der Waals surface area contributed by atoms with Gasteiger partial charge in [-0.2, -0.15) is 0 Å². The van der Waals surface area contributed by atoms with Gasteiger partial charge in [-0.05, 0) is 51.5 Å². The van der Waals surface area contributed by atoms with Gasteiger partial charge in [0.2, 0.25) is 0 Å². The number of halogens is 1. The Labute approximate surface area is 112 Å². The number of hydrogen-bond acceptors (Lipinski definition) is 3. The second-order valence-corrected chi connectivity index (χ2v) is 5.18. The van der Waals surface area contributed by atoms with Gasteiger partial charge in [0.25, 0.3) is 5.91 Å². The maximum atomic E-state index is 12.0. The summed E-state index contributed by atoms with van der Waals surface area (Å²) in [6.45, 7) is 2.04. The molecule has 2 heterocycles. The zero-order valence-electron chi connectivity index (χ0n) is 9.24. The second kappa shape index (κ2) is 5.42. The van der Waals surface area contributed by atoms with E-state index in [1.54, 1.807) is 12.3 Å². The Balaban J connectivity index is 2.14. The predicted octanol–water partition coefficient (Wildman–Crippen LogP) is 3.72. The minimum absolute atomic E-state index is 0.0685. The predicted molar refractivity (Wildman–Crippen MR) is 73.6 cm³/mol. The molecule has 2 aromatic heterocycles. The van der Waals surface area contributed by atoms with Gasteiger partial charge in [-0.3, -0.25) is 4.79 Å². The van der Waals surface area contributed by atoms with Crippen LogP contribution in [0, 0.1) is 0 Å². The number of thiophene rings is 1. The number of carbonyl (C=O) groups is 1. The van der Waals surface area contributed by atoms with Crippen molar-refractivity contribution >= 4 is 38.9 Å². The Hall–Kier alpha value is -1.20. The summed E-state index contributed by atoms with van der Waals surface area (Å²) < 4.78 is 0.751. The first-order chi connectivity index (χ1) is 8.20. The van der Waals surface area contributed by atoms with Gasteiger partial charge in [0.05, 0.1) is 16.8 Å². The highest BCUT2D eigenvalue weighted by molar-refractivity contribution is 9.10. The molecule has 3 nitrogen and oxygen atoms in total. The van der Waals surface area contributed by atoms with Crippen LogP contribution in [0.3, 0.4) is 0 Å². The fraction of sp³-hybridized carbons (Fsp3) is 0.167. The van der Waals surface area contributed by atoms with Gasteiger partial charge in [-0.15, -0.1) is 11.3 Å². The molecule has 2 rings (SSSR count). The van der Waals surface area contributed by atoms with E-state index in [-0.39, 0.29) is 5.91 Å². The summed E-state index contributed by atoms with van der Waals surface area (Å²) in [7, 11) is 0. The number of anilines is 1. The fourth-order valence-corrected chi connectivity index (χ4v) is 2.58. The number of nitrogens with zero attached hydrogens (tertiary/aromatic N) is 1. The number of carbonyl (C=O) groups excluding carboxylic acids is 1. The lowest BCUT2D eigenvalue weighted by atomic mass is 10.2. The van der Waals surface area contributed by atoms with E-state index in [0.29, 0.717) is 5.69 Å². The van der Waals surface area contributed by atoms with Crippen molar-refractivity contribution in [1.82, 2.24) is 4.98 Å². The van der Waals surface area contributed by atoms with Gasteiger partial charge >= 0.3 is 0 Å². The summed E-state index contributed by atoms with van der Waals surface area (Å²) >= 11 is 4.71. The molecule has 0 saturated carbocycles. The van der Waals surface area contributed by atoms with Gasteiger partial charge in [-0.25, -0.2) is 4.98 Å². The summed E-state index contributed by atoms with van der Waals surface area (Å²) in [4.78, 5) is 16.8. The van der Waals surface area contributed by atoms with Gasteiger partial charge in [0.15, 0.2) is 0 Å². The van der Waals surface area contributed by atoms with Crippen LogP contribution in [-0.4, -0.2) is 10.9 Å². The van der Waals surface area contributed by atoms with Crippen LogP contribution >= 0.6 is 27.3 Å². The Morgan fingerprint density at radius 1 is 1.47 bits per heavy atom. The minimum Gasteiger partial charge on any atom is -0.320 e. The van der Waals surface area contributed by atoms with Crippen LogP contribution in [0.2, 0.25) is 0 Å². The number of aryl methyl sites for hydroxylation is 1. The van der Waals surface area contributed by atoms with E-state index in [2.05, 4.69) is 26.2 Å². The average Bonchev–Trinajstić information content (AvgIpc) is 2.80. The highest BCUT2D eigenvalue weighted by Gasteiger charge is 2.12. The molecule has 0 fully saturated rings. The van der Waals surface area contributed by atoms with E-state index < -0.39 is 0 Å². The van der Waals surface area contributed by atoms with Gasteiger partial charge in [0.1, 0.15) is 4.60 Å². The van der Waals surface area contributed by atoms with Crippen molar-refractivity contribution < 1.29 is 4.79 Å². The molecular weight excluding hydrogens is 300 g/mol. The molecule has 0 aromatic carbocycles. The first-order valence-electron chi connectivity index (χ1n) is 5.20. The van der Waals surface area contributed by atoms with Crippen molar-refractivity contribution in [2.75, 3.05) is 5.32 Å². The Morgan fingerprint density at radius 2 is 2.29 bits per heavy atom. The van der Waals surface area contributed by atoms with E-state index in [4.69, 9.17) is 0 Å². The largest absolute Gasteiger partial charge is 0.320 e. The lowest BCUT2D eigenvalue weighted by molar-refractivity contribution is 0.103. The van der Waals surface area contributed by atoms with E-state index >= 15 is 0 Å². The molecule has 0 unspecified atom stereocenters. The zero-order chi connectivity index (χ0) is 12.3. The summed E-state index contributed by atoms with van der Waals surface area (Å²) in [5, 5.41) is 4.77. The number of rotatable bonds is 3. The van der Waals surface area contributed by atoms with Crippen LogP contribution < -0.4 is 5.32 Å². The lowest BCUT2D eigenvalue weighted by Gasteiger charge is -2.04. The molecule has 0 aliphatic rings. The molecule has 0 saturated heterocycles. The summed E-state index contributed by atoms with van der Waals surface area (Å²) in [6.07, 6.45) is 2.49. The van der Waals surface area contributed by atoms with Crippen molar-refractivity contribution in [2.24, 2.45) is 0 Å². The molecule has 0 bridgehead atoms. The maximum absolute atomic E-state index is 12.0. The molecule has 0 atom stereocenters. The first kappa shape index (κ1) is 12.3. The highest BCUT2D eigenvalue weighted by atomic mass is 79.9. The van der Waals surface area contributed by atoms with Gasteiger partial charge < -0.3 is 5.32 Å². The van der Waals surface area contributed by atoms with Crippen molar-refractivity contribution in [2.45, 2.75) is 13.3 Å². The molecule has 0 radical (unpaired) electrons. The highest BCUT2D eigenvalue weighted by Crippen LogP contribution is 2.19. The van der Waals surface area contributed by atoms with E-state index in [0.717, 1.165) is 21.5 Å². The first-order valence-corrected chi connectivity index (χ1v) is 6.87.